The number of hydrogen-bond donors (Lipinski definition) is 1. The predicted molar refractivity (Wildman–Crippen MR) is 132 cm³/mol. The van der Waals surface area contributed by atoms with Crippen LogP contribution in [-0.4, -0.2) is 33.5 Å². The summed E-state index contributed by atoms with van der Waals surface area (Å²) in [5.41, 5.74) is 1.37. The van der Waals surface area contributed by atoms with Crippen LogP contribution in [0, 0.1) is 10.1 Å². The van der Waals surface area contributed by atoms with Gasteiger partial charge >= 0.3 is 0 Å². The maximum absolute atomic E-state index is 13.2. The number of ether oxygens (including phenoxy) is 2. The Morgan fingerprint density at radius 1 is 1.03 bits per heavy atom. The Hall–Kier alpha value is -3.83. The van der Waals surface area contributed by atoms with E-state index in [1.165, 1.54) is 50.2 Å². The molecule has 0 spiro atoms. The van der Waals surface area contributed by atoms with Crippen LogP contribution in [-0.2, 0) is 20.4 Å². The molecule has 0 atom stereocenters. The van der Waals surface area contributed by atoms with Gasteiger partial charge in [-0.05, 0) is 54.1 Å². The van der Waals surface area contributed by atoms with Crippen LogP contribution in [0.25, 0.3) is 6.08 Å². The van der Waals surface area contributed by atoms with Crippen molar-refractivity contribution in [3.63, 3.8) is 0 Å². The van der Waals surface area contributed by atoms with Crippen molar-refractivity contribution in [1.82, 2.24) is 0 Å². The molecule has 0 fully saturated rings. The van der Waals surface area contributed by atoms with Crippen molar-refractivity contribution in [3.8, 4) is 11.5 Å². The summed E-state index contributed by atoms with van der Waals surface area (Å²) in [7, 11) is -0.880. The van der Waals surface area contributed by atoms with E-state index in [-0.39, 0.29) is 16.3 Å². The molecule has 0 saturated carbocycles. The minimum atomic E-state index is -3.79. The smallest absolute Gasteiger partial charge is 0.269 e. The van der Waals surface area contributed by atoms with Crippen LogP contribution >= 0.6 is 11.8 Å². The molecular weight excluding hydrogens is 492 g/mol. The van der Waals surface area contributed by atoms with Gasteiger partial charge in [-0.3, -0.25) is 14.9 Å². The van der Waals surface area contributed by atoms with Gasteiger partial charge in [-0.2, -0.15) is 0 Å². The highest BCUT2D eigenvalue weighted by Crippen LogP contribution is 2.41. The zero-order valence-corrected chi connectivity index (χ0v) is 20.3. The molecule has 1 heterocycles. The monoisotopic (exact) mass is 512 g/mol. The molecule has 0 aliphatic carbocycles. The van der Waals surface area contributed by atoms with Crippen molar-refractivity contribution in [2.24, 2.45) is 0 Å². The van der Waals surface area contributed by atoms with Gasteiger partial charge in [-0.1, -0.05) is 17.8 Å². The molecule has 1 aliphatic heterocycles. The Morgan fingerprint density at radius 3 is 2.29 bits per heavy atom. The molecule has 9 nitrogen and oxygen atoms in total. The molecular formula is C24H20N2O7S2. The van der Waals surface area contributed by atoms with E-state index >= 15 is 0 Å². The number of fused-ring (bicyclic) bond motifs is 1. The summed E-state index contributed by atoms with van der Waals surface area (Å²) in [6, 6.07) is 15.4. The van der Waals surface area contributed by atoms with Crippen molar-refractivity contribution in [3.05, 3.63) is 86.8 Å². The Bertz CT molecular complexity index is 1430. The highest BCUT2D eigenvalue weighted by atomic mass is 32.2. The maximum atomic E-state index is 13.2. The number of carbonyl (C=O) groups excluding carboxylic acids is 1. The van der Waals surface area contributed by atoms with E-state index in [9.17, 15) is 23.3 Å². The standard InChI is InChI=1S/C24H20N2O7S2/c1-32-20-4-3-5-21(33-2)18(20)14-35(30,31)17-10-11-22-19(13-17)25-24(27)23(34-22)12-15-6-8-16(9-7-15)26(28)29/h3-13H,14H2,1-2H3,(H,25,27). The Morgan fingerprint density at radius 2 is 1.69 bits per heavy atom. The van der Waals surface area contributed by atoms with Gasteiger partial charge in [0.2, 0.25) is 0 Å². The van der Waals surface area contributed by atoms with Crippen molar-refractivity contribution in [2.45, 2.75) is 15.5 Å². The summed E-state index contributed by atoms with van der Waals surface area (Å²) in [6.45, 7) is 0. The molecule has 1 N–H and O–H groups in total. The molecule has 0 unspecified atom stereocenters. The molecule has 11 heteroatoms. The Kier molecular flexibility index (Phi) is 6.81. The van der Waals surface area contributed by atoms with Gasteiger partial charge in [-0.25, -0.2) is 8.42 Å². The van der Waals surface area contributed by atoms with Crippen molar-refractivity contribution in [2.75, 3.05) is 19.5 Å². The number of sulfone groups is 1. The predicted octanol–water partition coefficient (Wildman–Crippen LogP) is 4.67. The minimum absolute atomic E-state index is 0.0438. The third kappa shape index (κ3) is 5.15. The summed E-state index contributed by atoms with van der Waals surface area (Å²) in [5.74, 6) is 0.0547. The van der Waals surface area contributed by atoms with Gasteiger partial charge in [-0.15, -0.1) is 0 Å². The number of thioether (sulfide) groups is 1. The van der Waals surface area contributed by atoms with Gasteiger partial charge in [0.05, 0.1) is 45.9 Å². The van der Waals surface area contributed by atoms with Crippen LogP contribution in [0.4, 0.5) is 11.4 Å². The number of anilines is 1. The second kappa shape index (κ2) is 9.80. The zero-order chi connectivity index (χ0) is 25.2. The SMILES string of the molecule is COc1cccc(OC)c1CS(=O)(=O)c1ccc2c(c1)NC(=O)C(=Cc1ccc([N+](=O)[O-])cc1)S2. The first-order valence-corrected chi connectivity index (χ1v) is 12.7. The summed E-state index contributed by atoms with van der Waals surface area (Å²) in [6.07, 6.45) is 1.62. The summed E-state index contributed by atoms with van der Waals surface area (Å²) in [5, 5.41) is 13.6. The fraction of sp³-hybridized carbons (Fsp3) is 0.125. The lowest BCUT2D eigenvalue weighted by Crippen LogP contribution is -2.18. The average molecular weight is 513 g/mol. The van der Waals surface area contributed by atoms with Crippen LogP contribution in [0.2, 0.25) is 0 Å². The van der Waals surface area contributed by atoms with E-state index in [1.807, 2.05) is 0 Å². The quantitative estimate of drug-likeness (QED) is 0.275. The number of nitrogens with one attached hydrogen (secondary N) is 1. The normalized spacial score (nSPS) is 14.2. The number of nitrogens with zero attached hydrogens (tertiary/aromatic N) is 1. The first-order valence-electron chi connectivity index (χ1n) is 10.2. The molecule has 0 saturated heterocycles. The van der Waals surface area contributed by atoms with E-state index in [1.54, 1.807) is 42.5 Å². The van der Waals surface area contributed by atoms with E-state index < -0.39 is 20.7 Å². The van der Waals surface area contributed by atoms with Crippen LogP contribution in [0.3, 0.4) is 0 Å². The minimum Gasteiger partial charge on any atom is -0.496 e. The second-order valence-corrected chi connectivity index (χ2v) is 10.5. The molecule has 1 amide bonds. The topological polar surface area (TPSA) is 125 Å². The van der Waals surface area contributed by atoms with Gasteiger partial charge in [0.25, 0.3) is 11.6 Å². The fourth-order valence-corrected chi connectivity index (χ4v) is 5.86. The number of nitro benzene ring substituents is 1. The lowest BCUT2D eigenvalue weighted by atomic mass is 10.2. The lowest BCUT2D eigenvalue weighted by molar-refractivity contribution is -0.384. The molecule has 3 aromatic rings. The van der Waals surface area contributed by atoms with Crippen molar-refractivity contribution < 1.29 is 27.6 Å². The van der Waals surface area contributed by atoms with E-state index in [0.717, 1.165) is 0 Å². The highest BCUT2D eigenvalue weighted by Gasteiger charge is 2.26. The van der Waals surface area contributed by atoms with Crippen LogP contribution in [0.1, 0.15) is 11.1 Å². The van der Waals surface area contributed by atoms with Gasteiger partial charge < -0.3 is 14.8 Å². The average Bonchev–Trinajstić information content (AvgIpc) is 2.84. The van der Waals surface area contributed by atoms with Crippen LogP contribution in [0.15, 0.2) is 75.4 Å². The number of amides is 1. The fourth-order valence-electron chi connectivity index (χ4n) is 3.52. The molecule has 180 valence electrons. The van der Waals surface area contributed by atoms with E-state index in [4.69, 9.17) is 9.47 Å². The molecule has 3 aromatic carbocycles. The summed E-state index contributed by atoms with van der Waals surface area (Å²) in [4.78, 5) is 24.1. The second-order valence-electron chi connectivity index (χ2n) is 7.47. The zero-order valence-electron chi connectivity index (χ0n) is 18.7. The van der Waals surface area contributed by atoms with Crippen LogP contribution in [0.5, 0.6) is 11.5 Å². The Labute approximate surface area is 205 Å². The van der Waals surface area contributed by atoms with Gasteiger partial charge in [0.1, 0.15) is 11.5 Å². The molecule has 1 aliphatic rings. The molecule has 0 radical (unpaired) electrons. The molecule has 4 rings (SSSR count). The number of nitro groups is 1. The maximum Gasteiger partial charge on any atom is 0.269 e. The largest absolute Gasteiger partial charge is 0.496 e. The third-order valence-electron chi connectivity index (χ3n) is 5.27. The van der Waals surface area contributed by atoms with Crippen molar-refractivity contribution >= 4 is 45.0 Å². The molecule has 0 aromatic heterocycles. The van der Waals surface area contributed by atoms with Crippen LogP contribution < -0.4 is 14.8 Å². The summed E-state index contributed by atoms with van der Waals surface area (Å²) < 4.78 is 37.0. The third-order valence-corrected chi connectivity index (χ3v) is 8.01. The number of non-ortho nitro benzene ring substituents is 1. The van der Waals surface area contributed by atoms with Gasteiger partial charge in [0, 0.05) is 17.0 Å². The lowest BCUT2D eigenvalue weighted by Gasteiger charge is -2.20. The summed E-state index contributed by atoms with van der Waals surface area (Å²) >= 11 is 1.19. The first-order chi connectivity index (χ1) is 16.7. The molecule has 0 bridgehead atoms. The van der Waals surface area contributed by atoms with E-state index in [2.05, 4.69) is 5.32 Å². The number of hydrogen-bond acceptors (Lipinski definition) is 8. The number of carbonyl (C=O) groups is 1. The van der Waals surface area contributed by atoms with Gasteiger partial charge in [0.15, 0.2) is 9.84 Å². The van der Waals surface area contributed by atoms with Crippen molar-refractivity contribution in [1.29, 1.82) is 0 Å². The Balaban J connectivity index is 1.60. The number of methoxy groups -OCH3 is 2. The highest BCUT2D eigenvalue weighted by molar-refractivity contribution is 8.04. The first kappa shape index (κ1) is 24.3. The van der Waals surface area contributed by atoms with E-state index in [0.29, 0.717) is 38.1 Å². The number of rotatable bonds is 7. The molecule has 35 heavy (non-hydrogen) atoms. The number of benzene rings is 3.